The molecule has 4 aromatic rings. The molecule has 0 atom stereocenters. The van der Waals surface area contributed by atoms with Crippen molar-refractivity contribution in [1.82, 2.24) is 0 Å². The van der Waals surface area contributed by atoms with Gasteiger partial charge in [0.1, 0.15) is 0 Å². The molecule has 0 radical (unpaired) electrons. The summed E-state index contributed by atoms with van der Waals surface area (Å²) >= 11 is -4.47. The maximum atomic E-state index is 8.44. The zero-order valence-electron chi connectivity index (χ0n) is 21.2. The Morgan fingerprint density at radius 3 is 1.44 bits per heavy atom. The molecular weight excluding hydrogens is 531 g/mol. The van der Waals surface area contributed by atoms with E-state index < -0.39 is 19.1 Å². The zero-order chi connectivity index (χ0) is 24.9. The van der Waals surface area contributed by atoms with Crippen LogP contribution in [0.2, 0.25) is 12.1 Å². The average molecular weight is 564 g/mol. The van der Waals surface area contributed by atoms with Gasteiger partial charge >= 0.3 is 227 Å². The molecule has 0 spiro atoms. The van der Waals surface area contributed by atoms with Crippen LogP contribution in [0.25, 0.3) is 22.3 Å². The van der Waals surface area contributed by atoms with Crippen LogP contribution in [0.15, 0.2) is 84.9 Å². The van der Waals surface area contributed by atoms with Gasteiger partial charge in [-0.25, -0.2) is 0 Å². The fourth-order valence-corrected chi connectivity index (χ4v) is 36.9. The summed E-state index contributed by atoms with van der Waals surface area (Å²) in [4.78, 5) is 0. The topological polar surface area (TPSA) is 0 Å². The van der Waals surface area contributed by atoms with Crippen molar-refractivity contribution in [3.05, 3.63) is 107 Å². The van der Waals surface area contributed by atoms with E-state index in [4.69, 9.17) is 18.6 Å². The molecule has 0 aliphatic heterocycles. The summed E-state index contributed by atoms with van der Waals surface area (Å²) in [6.07, 6.45) is 4.18. The monoisotopic (exact) mass is 563 g/mol. The van der Waals surface area contributed by atoms with Gasteiger partial charge < -0.3 is 0 Å². The second-order valence-corrected chi connectivity index (χ2v) is 37.2. The van der Waals surface area contributed by atoms with Gasteiger partial charge in [-0.3, -0.25) is 0 Å². The number of hydrogen-bond acceptors (Lipinski definition) is 0. The van der Waals surface area contributed by atoms with Gasteiger partial charge in [0.25, 0.3) is 0 Å². The third-order valence-corrected chi connectivity index (χ3v) is 40.2. The van der Waals surface area contributed by atoms with E-state index in [-0.39, 0.29) is 0 Å². The van der Waals surface area contributed by atoms with E-state index in [2.05, 4.69) is 98.8 Å². The summed E-state index contributed by atoms with van der Waals surface area (Å²) < 4.78 is 2.65. The van der Waals surface area contributed by atoms with Crippen LogP contribution in [0, 0.1) is 0 Å². The molecule has 6 rings (SSSR count). The summed E-state index contributed by atoms with van der Waals surface area (Å²) in [5.74, 6) is 0. The van der Waals surface area contributed by atoms with Crippen LogP contribution in [-0.4, -0.2) is 6.66 Å². The van der Waals surface area contributed by atoms with Crippen LogP contribution >= 0.6 is 18.6 Å². The predicted octanol–water partition coefficient (Wildman–Crippen LogP) is 8.32. The molecule has 0 nitrogen and oxygen atoms in total. The van der Waals surface area contributed by atoms with Gasteiger partial charge in [0.2, 0.25) is 0 Å². The zero-order valence-corrected chi connectivity index (χ0v) is 25.4. The first-order chi connectivity index (χ1) is 17.5. The van der Waals surface area contributed by atoms with E-state index in [9.17, 15) is 0 Å². The van der Waals surface area contributed by atoms with E-state index >= 15 is 0 Å². The molecule has 36 heavy (non-hydrogen) atoms. The van der Waals surface area contributed by atoms with Crippen molar-refractivity contribution in [3.63, 3.8) is 0 Å². The molecule has 0 bridgehead atoms. The minimum atomic E-state index is -4.47. The Morgan fingerprint density at radius 2 is 1.00 bits per heavy atom. The first-order valence-corrected chi connectivity index (χ1v) is 24.2. The van der Waals surface area contributed by atoms with E-state index in [1.165, 1.54) is 64.3 Å². The third kappa shape index (κ3) is 3.58. The predicted molar refractivity (Wildman–Crippen MR) is 158 cm³/mol. The second kappa shape index (κ2) is 9.30. The van der Waals surface area contributed by atoms with Crippen molar-refractivity contribution in [1.29, 1.82) is 0 Å². The molecule has 0 aromatic heterocycles. The van der Waals surface area contributed by atoms with Crippen molar-refractivity contribution in [3.8, 4) is 22.3 Å². The van der Waals surface area contributed by atoms with Crippen LogP contribution in [0.1, 0.15) is 48.9 Å². The number of halogens is 2. The molecular formula is C32H33Cl2SiTi. The minimum absolute atomic E-state index is 0.940. The molecule has 0 N–H and O–H groups in total. The first-order valence-electron chi connectivity index (χ1n) is 13.5. The first kappa shape index (κ1) is 24.7. The summed E-state index contributed by atoms with van der Waals surface area (Å²) in [6, 6.07) is 33.8. The molecule has 183 valence electrons. The summed E-state index contributed by atoms with van der Waals surface area (Å²) in [7, 11) is 16.9. The van der Waals surface area contributed by atoms with Gasteiger partial charge in [-0.2, -0.15) is 0 Å². The molecule has 4 heteroatoms. The Morgan fingerprint density at radius 1 is 0.583 bits per heavy atom. The number of fused-ring (bicyclic) bond motifs is 6. The van der Waals surface area contributed by atoms with E-state index in [0.29, 0.717) is 0 Å². The molecule has 4 aromatic carbocycles. The van der Waals surface area contributed by atoms with Gasteiger partial charge in [0, 0.05) is 0 Å². The Labute approximate surface area is 225 Å². The second-order valence-electron chi connectivity index (χ2n) is 10.7. The van der Waals surface area contributed by atoms with Crippen LogP contribution in [0.5, 0.6) is 0 Å². The molecule has 0 amide bonds. The number of rotatable bonds is 7. The fraction of sp³-hybridized carbons (Fsp3) is 0.250. The van der Waals surface area contributed by atoms with Gasteiger partial charge in [0.05, 0.1) is 0 Å². The molecule has 0 saturated heterocycles. The maximum absolute atomic E-state index is 8.44. The van der Waals surface area contributed by atoms with Gasteiger partial charge in [-0.05, 0) is 0 Å². The van der Waals surface area contributed by atoms with E-state index in [1.807, 2.05) is 0 Å². The Bertz CT molecular complexity index is 1370. The quantitative estimate of drug-likeness (QED) is 0.171. The Balaban J connectivity index is 1.65. The van der Waals surface area contributed by atoms with Crippen molar-refractivity contribution in [2.45, 2.75) is 51.6 Å². The van der Waals surface area contributed by atoms with Crippen LogP contribution < -0.4 is 7.74 Å². The molecule has 2 aliphatic carbocycles. The number of hydrogen-bond donors (Lipinski definition) is 0. The molecule has 0 unspecified atom stereocenters. The summed E-state index contributed by atoms with van der Waals surface area (Å²) in [5, 5.41) is 0. The summed E-state index contributed by atoms with van der Waals surface area (Å²) in [5.41, 5.74) is 11.0. The van der Waals surface area contributed by atoms with Crippen molar-refractivity contribution in [2.75, 3.05) is 0 Å². The Hall–Kier alpha value is -1.61. The van der Waals surface area contributed by atoms with Crippen molar-refractivity contribution in [2.24, 2.45) is 0 Å². The van der Waals surface area contributed by atoms with E-state index in [1.54, 1.807) is 0 Å². The third-order valence-electron chi connectivity index (χ3n) is 8.68. The molecule has 2 aliphatic rings. The van der Waals surface area contributed by atoms with Crippen LogP contribution in [0.4, 0.5) is 0 Å². The van der Waals surface area contributed by atoms with Gasteiger partial charge in [-0.1, -0.05) is 0 Å². The summed E-state index contributed by atoms with van der Waals surface area (Å²) in [6.45, 7) is 3.05. The standard InChI is InChI=1S/2C13H9.C6H15Si.2ClH.Ti/c2*1-3-7-12-10(5-1)9-11-6-2-4-8-13(11)12;1-3-5-7-6-4-2;;;/h2*1-5,7-8H,9H2;7H,3-6H2,1-2H3;2*1H;/q;;;;;+2/p-2. The fourth-order valence-electron chi connectivity index (χ4n) is 7.11. The van der Waals surface area contributed by atoms with Gasteiger partial charge in [0.15, 0.2) is 0 Å². The van der Waals surface area contributed by atoms with Gasteiger partial charge in [-0.15, -0.1) is 0 Å². The normalized spacial score (nSPS) is 14.6. The average Bonchev–Trinajstić information content (AvgIpc) is 3.47. The van der Waals surface area contributed by atoms with Crippen molar-refractivity contribution < 1.29 is 12.4 Å². The van der Waals surface area contributed by atoms with Crippen LogP contribution in [0.3, 0.4) is 0 Å². The Kier molecular flexibility index (Phi) is 6.38. The van der Waals surface area contributed by atoms with Crippen molar-refractivity contribution >= 4 is 33.0 Å². The molecule has 0 fully saturated rings. The number of benzene rings is 4. The van der Waals surface area contributed by atoms with Crippen LogP contribution in [-0.2, 0) is 25.3 Å². The molecule has 0 heterocycles. The SMILES string of the molecule is CCC[SiH](CCC)[Ti]([Cl])([Cl])([c]1cccc2c1Cc1ccccc1-2)[c]1cccc2c1Cc1ccccc1-2. The molecule has 0 saturated carbocycles. The van der Waals surface area contributed by atoms with E-state index in [0.717, 1.165) is 25.7 Å².